The van der Waals surface area contributed by atoms with Crippen molar-refractivity contribution in [1.29, 1.82) is 0 Å². The second kappa shape index (κ2) is 9.32. The van der Waals surface area contributed by atoms with Gasteiger partial charge >= 0.3 is 0 Å². The van der Waals surface area contributed by atoms with Crippen molar-refractivity contribution in [3.63, 3.8) is 0 Å². The summed E-state index contributed by atoms with van der Waals surface area (Å²) in [5.41, 5.74) is 3.86. The number of nitrogens with zero attached hydrogens (tertiary/aromatic N) is 4. The van der Waals surface area contributed by atoms with E-state index in [1.54, 1.807) is 17.2 Å². The Labute approximate surface area is 207 Å². The lowest BCUT2D eigenvalue weighted by Crippen LogP contribution is -2.38. The summed E-state index contributed by atoms with van der Waals surface area (Å²) >= 11 is 6.74. The zero-order valence-corrected chi connectivity index (χ0v) is 20.6. The molecule has 1 amide bonds. The van der Waals surface area contributed by atoms with E-state index in [9.17, 15) is 9.59 Å². The lowest BCUT2D eigenvalue weighted by atomic mass is 10.1. The molecule has 0 N–H and O–H groups in total. The van der Waals surface area contributed by atoms with Crippen LogP contribution in [-0.2, 0) is 16.1 Å². The molecule has 5 rings (SSSR count). The molecule has 3 aromatic rings. The van der Waals surface area contributed by atoms with Gasteiger partial charge in [0.05, 0.1) is 30.2 Å². The predicted octanol–water partition coefficient (Wildman–Crippen LogP) is 3.55. The highest BCUT2D eigenvalue weighted by molar-refractivity contribution is 8.26. The van der Waals surface area contributed by atoms with Gasteiger partial charge in [0.25, 0.3) is 11.5 Å². The Hall–Kier alpha value is -3.01. The van der Waals surface area contributed by atoms with Gasteiger partial charge < -0.3 is 9.64 Å². The van der Waals surface area contributed by atoms with E-state index in [0.29, 0.717) is 59.1 Å². The highest BCUT2D eigenvalue weighted by atomic mass is 32.2. The maximum absolute atomic E-state index is 13.6. The van der Waals surface area contributed by atoms with Crippen LogP contribution in [0.25, 0.3) is 11.7 Å². The van der Waals surface area contributed by atoms with Gasteiger partial charge in [-0.2, -0.15) is 0 Å². The van der Waals surface area contributed by atoms with Crippen molar-refractivity contribution in [1.82, 2.24) is 14.3 Å². The van der Waals surface area contributed by atoms with Gasteiger partial charge in [-0.25, -0.2) is 4.98 Å². The van der Waals surface area contributed by atoms with Gasteiger partial charge in [0.1, 0.15) is 15.8 Å². The van der Waals surface area contributed by atoms with Crippen LogP contribution in [0.15, 0.2) is 52.3 Å². The molecule has 0 atom stereocenters. The normalized spacial score (nSPS) is 17.9. The molecule has 0 bridgehead atoms. The quantitative estimate of drug-likeness (QED) is 0.408. The van der Waals surface area contributed by atoms with Gasteiger partial charge in [-0.3, -0.25) is 18.9 Å². The third-order valence-electron chi connectivity index (χ3n) is 5.91. The maximum Gasteiger partial charge on any atom is 0.267 e. The SMILES string of the molecule is Cc1ccc(CN2C(=O)C(=Cc3c(N4CCOCC4)nc4ccc(C)cn4c3=O)SC2=S)cc1. The highest BCUT2D eigenvalue weighted by Crippen LogP contribution is 2.34. The fraction of sp³-hybridized carbons (Fsp3) is 0.280. The summed E-state index contributed by atoms with van der Waals surface area (Å²) in [6, 6.07) is 11.8. The summed E-state index contributed by atoms with van der Waals surface area (Å²) < 4.78 is 7.51. The third-order valence-corrected chi connectivity index (χ3v) is 7.28. The molecule has 2 saturated heterocycles. The minimum atomic E-state index is -0.209. The largest absolute Gasteiger partial charge is 0.378 e. The minimum Gasteiger partial charge on any atom is -0.378 e. The minimum absolute atomic E-state index is 0.197. The molecule has 2 aliphatic heterocycles. The number of fused-ring (bicyclic) bond motifs is 1. The fourth-order valence-electron chi connectivity index (χ4n) is 4.03. The number of aryl methyl sites for hydroxylation is 2. The highest BCUT2D eigenvalue weighted by Gasteiger charge is 2.33. The van der Waals surface area contributed by atoms with Crippen LogP contribution in [0.3, 0.4) is 0 Å². The number of morpholine rings is 1. The smallest absolute Gasteiger partial charge is 0.267 e. The lowest BCUT2D eigenvalue weighted by molar-refractivity contribution is -0.122. The molecule has 0 aliphatic carbocycles. The van der Waals surface area contributed by atoms with Crippen molar-refractivity contribution in [3.05, 3.63) is 80.1 Å². The molecule has 0 spiro atoms. The molecule has 1 aromatic carbocycles. The number of benzene rings is 1. The molecule has 7 nitrogen and oxygen atoms in total. The molecule has 2 fully saturated rings. The fourth-order valence-corrected chi connectivity index (χ4v) is 5.27. The number of amides is 1. The Morgan fingerprint density at radius 3 is 2.50 bits per heavy atom. The molecule has 2 aromatic heterocycles. The van der Waals surface area contributed by atoms with Crippen LogP contribution in [0.4, 0.5) is 5.82 Å². The average molecular weight is 493 g/mol. The van der Waals surface area contributed by atoms with E-state index < -0.39 is 0 Å². The Kier molecular flexibility index (Phi) is 6.24. The summed E-state index contributed by atoms with van der Waals surface area (Å²) in [6.45, 7) is 6.73. The molecule has 9 heteroatoms. The Bertz CT molecular complexity index is 1380. The second-order valence-corrected chi connectivity index (χ2v) is 10.1. The van der Waals surface area contributed by atoms with Crippen molar-refractivity contribution in [2.24, 2.45) is 0 Å². The third kappa shape index (κ3) is 4.38. The van der Waals surface area contributed by atoms with E-state index >= 15 is 0 Å². The number of carbonyl (C=O) groups is 1. The van der Waals surface area contributed by atoms with E-state index in [1.165, 1.54) is 16.2 Å². The monoisotopic (exact) mass is 492 g/mol. The van der Waals surface area contributed by atoms with Crippen LogP contribution in [0.2, 0.25) is 0 Å². The summed E-state index contributed by atoms with van der Waals surface area (Å²) in [7, 11) is 0. The average Bonchev–Trinajstić information content (AvgIpc) is 3.10. The number of hydrogen-bond acceptors (Lipinski definition) is 7. The molecule has 0 saturated carbocycles. The Balaban J connectivity index is 1.56. The van der Waals surface area contributed by atoms with Crippen molar-refractivity contribution in [2.75, 3.05) is 31.2 Å². The Morgan fingerprint density at radius 2 is 1.76 bits per heavy atom. The van der Waals surface area contributed by atoms with Gasteiger partial charge in [0.15, 0.2) is 0 Å². The Morgan fingerprint density at radius 1 is 1.06 bits per heavy atom. The number of thioether (sulfide) groups is 1. The van der Waals surface area contributed by atoms with Crippen LogP contribution in [0.5, 0.6) is 0 Å². The number of pyridine rings is 1. The van der Waals surface area contributed by atoms with E-state index in [4.69, 9.17) is 21.9 Å². The van der Waals surface area contributed by atoms with E-state index in [2.05, 4.69) is 0 Å². The van der Waals surface area contributed by atoms with Crippen molar-refractivity contribution < 1.29 is 9.53 Å². The molecular formula is C25H24N4O3S2. The van der Waals surface area contributed by atoms with Crippen molar-refractivity contribution in [3.8, 4) is 0 Å². The second-order valence-electron chi connectivity index (χ2n) is 8.44. The van der Waals surface area contributed by atoms with E-state index in [0.717, 1.165) is 16.7 Å². The summed E-state index contributed by atoms with van der Waals surface area (Å²) in [4.78, 5) is 35.7. The topological polar surface area (TPSA) is 67.2 Å². The molecule has 34 heavy (non-hydrogen) atoms. The first-order chi connectivity index (χ1) is 16.4. The molecule has 0 unspecified atom stereocenters. The van der Waals surface area contributed by atoms with Gasteiger partial charge in [0, 0.05) is 19.3 Å². The summed E-state index contributed by atoms with van der Waals surface area (Å²) in [5, 5.41) is 0. The van der Waals surface area contributed by atoms with Crippen LogP contribution < -0.4 is 10.5 Å². The van der Waals surface area contributed by atoms with E-state index in [-0.39, 0.29) is 11.5 Å². The number of rotatable bonds is 4. The van der Waals surface area contributed by atoms with E-state index in [1.807, 2.05) is 55.1 Å². The molecule has 0 radical (unpaired) electrons. The number of aromatic nitrogens is 2. The van der Waals surface area contributed by atoms with Gasteiger partial charge in [-0.1, -0.05) is 59.9 Å². The van der Waals surface area contributed by atoms with Crippen molar-refractivity contribution >= 4 is 51.7 Å². The molecule has 4 heterocycles. The first-order valence-electron chi connectivity index (χ1n) is 11.1. The van der Waals surface area contributed by atoms with Crippen LogP contribution in [-0.4, -0.2) is 50.8 Å². The summed E-state index contributed by atoms with van der Waals surface area (Å²) in [6.07, 6.45) is 3.43. The van der Waals surface area contributed by atoms with Crippen LogP contribution in [0, 0.1) is 13.8 Å². The number of thiocarbonyl (C=S) groups is 1. The number of carbonyl (C=O) groups excluding carboxylic acids is 1. The molecule has 174 valence electrons. The zero-order chi connectivity index (χ0) is 23.8. The van der Waals surface area contributed by atoms with Crippen LogP contribution >= 0.6 is 24.0 Å². The first-order valence-corrected chi connectivity index (χ1v) is 12.3. The van der Waals surface area contributed by atoms with Gasteiger partial charge in [0.2, 0.25) is 0 Å². The maximum atomic E-state index is 13.6. The first kappa shape index (κ1) is 22.8. The lowest BCUT2D eigenvalue weighted by Gasteiger charge is -2.29. The predicted molar refractivity (Wildman–Crippen MR) is 139 cm³/mol. The number of ether oxygens (including phenoxy) is 1. The summed E-state index contributed by atoms with van der Waals surface area (Å²) in [5.74, 6) is 0.373. The molecule has 2 aliphatic rings. The number of hydrogen-bond donors (Lipinski definition) is 0. The van der Waals surface area contributed by atoms with Gasteiger partial charge in [-0.15, -0.1) is 0 Å². The standard InChI is InChI=1S/C25H24N4O3S2/c1-16-3-6-18(7-4-16)15-29-24(31)20(34-25(29)33)13-19-22(27-9-11-32-12-10-27)26-21-8-5-17(2)14-28(21)23(19)30/h3-8,13-14H,9-12,15H2,1-2H3. The zero-order valence-electron chi connectivity index (χ0n) is 19.0. The van der Waals surface area contributed by atoms with Gasteiger partial charge in [-0.05, 0) is 37.1 Å². The molecular weight excluding hydrogens is 468 g/mol. The number of anilines is 1. The van der Waals surface area contributed by atoms with Crippen molar-refractivity contribution in [2.45, 2.75) is 20.4 Å². The van der Waals surface area contributed by atoms with Crippen LogP contribution in [0.1, 0.15) is 22.3 Å².